The Morgan fingerprint density at radius 2 is 1.94 bits per heavy atom. The predicted octanol–water partition coefficient (Wildman–Crippen LogP) is 2.66. The summed E-state index contributed by atoms with van der Waals surface area (Å²) in [6, 6.07) is 4.84. The van der Waals surface area contributed by atoms with E-state index in [1.54, 1.807) is 18.2 Å². The number of rotatable bonds is 2. The normalized spacial score (nSPS) is 11.7. The van der Waals surface area contributed by atoms with Gasteiger partial charge in [-0.3, -0.25) is 0 Å². The molecule has 1 aromatic heterocycles. The van der Waals surface area contributed by atoms with Crippen LogP contribution in [0, 0.1) is 0 Å². The van der Waals surface area contributed by atoms with Gasteiger partial charge in [0.2, 0.25) is 10.0 Å². The molecule has 0 saturated carbocycles. The third kappa shape index (κ3) is 2.46. The average molecular weight is 291 g/mol. The van der Waals surface area contributed by atoms with E-state index in [1.165, 1.54) is 12.4 Å². The summed E-state index contributed by atoms with van der Waals surface area (Å²) >= 11 is 11.7. The molecule has 0 N–H and O–H groups in total. The third-order valence-electron chi connectivity index (χ3n) is 2.14. The summed E-state index contributed by atoms with van der Waals surface area (Å²) in [5, 5.41) is 0.764. The summed E-state index contributed by atoms with van der Waals surface area (Å²) in [5.74, 6) is 0.311. The lowest BCUT2D eigenvalue weighted by atomic mass is 10.2. The van der Waals surface area contributed by atoms with E-state index in [4.69, 9.17) is 23.2 Å². The van der Waals surface area contributed by atoms with E-state index in [0.29, 0.717) is 21.4 Å². The van der Waals surface area contributed by atoms with Gasteiger partial charge in [-0.15, -0.1) is 0 Å². The van der Waals surface area contributed by atoms with Crippen LogP contribution in [-0.2, 0) is 10.0 Å². The van der Waals surface area contributed by atoms with Gasteiger partial charge in [-0.1, -0.05) is 23.2 Å². The Morgan fingerprint density at radius 3 is 2.53 bits per heavy atom. The largest absolute Gasteiger partial charge is 0.237 e. The lowest BCUT2D eigenvalue weighted by Crippen LogP contribution is -2.10. The highest BCUT2D eigenvalue weighted by Gasteiger charge is 2.14. The second-order valence-corrected chi connectivity index (χ2v) is 6.11. The molecule has 2 rings (SSSR count). The Balaban J connectivity index is 2.62. The molecule has 0 amide bonds. The molecule has 17 heavy (non-hydrogen) atoms. The molecule has 2 aromatic rings. The van der Waals surface area contributed by atoms with Crippen LogP contribution in [0.15, 0.2) is 30.6 Å². The van der Waals surface area contributed by atoms with Crippen LogP contribution < -0.4 is 0 Å². The van der Waals surface area contributed by atoms with E-state index >= 15 is 0 Å². The highest BCUT2D eigenvalue weighted by atomic mass is 35.5. The molecule has 0 aliphatic heterocycles. The summed E-state index contributed by atoms with van der Waals surface area (Å²) in [6.07, 6.45) is 3.90. The van der Waals surface area contributed by atoms with E-state index in [1.807, 2.05) is 0 Å². The highest BCUT2D eigenvalue weighted by Crippen LogP contribution is 2.28. The number of imidazole rings is 1. The molecule has 0 spiro atoms. The Morgan fingerprint density at radius 1 is 1.24 bits per heavy atom. The van der Waals surface area contributed by atoms with E-state index < -0.39 is 10.0 Å². The fraction of sp³-hybridized carbons (Fsp3) is 0.100. The minimum Gasteiger partial charge on any atom is -0.236 e. The number of nitrogens with zero attached hydrogens (tertiary/aromatic N) is 2. The third-order valence-corrected chi connectivity index (χ3v) is 3.89. The van der Waals surface area contributed by atoms with Gasteiger partial charge in [0, 0.05) is 18.0 Å². The summed E-state index contributed by atoms with van der Waals surface area (Å²) in [7, 11) is -3.38. The first-order valence-electron chi connectivity index (χ1n) is 4.59. The van der Waals surface area contributed by atoms with Gasteiger partial charge >= 0.3 is 0 Å². The maximum atomic E-state index is 11.5. The molecule has 1 aromatic carbocycles. The predicted molar refractivity (Wildman–Crippen MR) is 67.9 cm³/mol. The second-order valence-electron chi connectivity index (χ2n) is 3.44. The second kappa shape index (κ2) is 4.33. The lowest BCUT2D eigenvalue weighted by molar-refractivity contribution is 0.594. The smallest absolute Gasteiger partial charge is 0.236 e. The van der Waals surface area contributed by atoms with Crippen LogP contribution in [0.2, 0.25) is 10.0 Å². The van der Waals surface area contributed by atoms with Crippen LogP contribution in [0.25, 0.3) is 11.4 Å². The Kier molecular flexibility index (Phi) is 3.16. The van der Waals surface area contributed by atoms with Crippen molar-refractivity contribution in [2.45, 2.75) is 0 Å². The van der Waals surface area contributed by atoms with Crippen molar-refractivity contribution in [1.82, 2.24) is 8.96 Å². The minimum atomic E-state index is -3.38. The topological polar surface area (TPSA) is 52.0 Å². The summed E-state index contributed by atoms with van der Waals surface area (Å²) < 4.78 is 24.1. The van der Waals surface area contributed by atoms with Crippen LogP contribution in [0.5, 0.6) is 0 Å². The van der Waals surface area contributed by atoms with Gasteiger partial charge in [-0.05, 0) is 18.2 Å². The number of hydrogen-bond acceptors (Lipinski definition) is 3. The van der Waals surface area contributed by atoms with Crippen LogP contribution in [-0.4, -0.2) is 23.6 Å². The highest BCUT2D eigenvalue weighted by molar-refractivity contribution is 7.89. The summed E-state index contributed by atoms with van der Waals surface area (Å²) in [4.78, 5) is 4.01. The van der Waals surface area contributed by atoms with Gasteiger partial charge < -0.3 is 0 Å². The van der Waals surface area contributed by atoms with Crippen molar-refractivity contribution in [3.8, 4) is 11.4 Å². The van der Waals surface area contributed by atoms with Gasteiger partial charge in [0.25, 0.3) is 0 Å². The van der Waals surface area contributed by atoms with Gasteiger partial charge in [-0.2, -0.15) is 0 Å². The van der Waals surface area contributed by atoms with Gasteiger partial charge in [0.15, 0.2) is 5.82 Å². The molecule has 0 saturated heterocycles. The fourth-order valence-electron chi connectivity index (χ4n) is 1.40. The molecule has 0 aliphatic rings. The van der Waals surface area contributed by atoms with E-state index in [0.717, 1.165) is 10.2 Å². The van der Waals surface area contributed by atoms with Gasteiger partial charge in [0.1, 0.15) is 0 Å². The zero-order valence-corrected chi connectivity index (χ0v) is 11.1. The Labute approximate surface area is 109 Å². The summed E-state index contributed by atoms with van der Waals surface area (Å²) in [5.41, 5.74) is 0.592. The quantitative estimate of drug-likeness (QED) is 0.854. The summed E-state index contributed by atoms with van der Waals surface area (Å²) in [6.45, 7) is 0. The Bertz CT molecular complexity index is 665. The average Bonchev–Trinajstić information content (AvgIpc) is 2.70. The molecule has 0 atom stereocenters. The van der Waals surface area contributed by atoms with Crippen molar-refractivity contribution < 1.29 is 8.42 Å². The number of halogens is 2. The van der Waals surface area contributed by atoms with Crippen molar-refractivity contribution >= 4 is 33.2 Å². The van der Waals surface area contributed by atoms with Crippen molar-refractivity contribution in [3.63, 3.8) is 0 Å². The van der Waals surface area contributed by atoms with E-state index in [-0.39, 0.29) is 0 Å². The number of hydrogen-bond donors (Lipinski definition) is 0. The van der Waals surface area contributed by atoms with Crippen molar-refractivity contribution in [2.24, 2.45) is 0 Å². The fourth-order valence-corrected chi connectivity index (χ4v) is 2.44. The monoisotopic (exact) mass is 290 g/mol. The first-order chi connectivity index (χ1) is 7.89. The molecular formula is C10H8Cl2N2O2S. The van der Waals surface area contributed by atoms with Crippen LogP contribution >= 0.6 is 23.2 Å². The molecule has 4 nitrogen and oxygen atoms in total. The zero-order valence-electron chi connectivity index (χ0n) is 8.76. The van der Waals surface area contributed by atoms with E-state index in [2.05, 4.69) is 4.98 Å². The van der Waals surface area contributed by atoms with Crippen LogP contribution in [0.3, 0.4) is 0 Å². The van der Waals surface area contributed by atoms with Gasteiger partial charge in [0.05, 0.1) is 16.3 Å². The number of benzene rings is 1. The first kappa shape index (κ1) is 12.4. The standard InChI is InChI=1S/C10H8Cl2N2O2S/c1-17(15,16)14-5-4-13-10(14)7-2-3-8(11)9(12)6-7/h2-6H,1H3. The van der Waals surface area contributed by atoms with Crippen LogP contribution in [0.1, 0.15) is 0 Å². The molecular weight excluding hydrogens is 283 g/mol. The maximum absolute atomic E-state index is 11.5. The Hall–Kier alpha value is -1.04. The first-order valence-corrected chi connectivity index (χ1v) is 7.19. The minimum absolute atomic E-state index is 0.311. The van der Waals surface area contributed by atoms with Gasteiger partial charge in [-0.25, -0.2) is 17.4 Å². The molecule has 1 heterocycles. The molecule has 7 heteroatoms. The van der Waals surface area contributed by atoms with Crippen molar-refractivity contribution in [1.29, 1.82) is 0 Å². The van der Waals surface area contributed by atoms with E-state index in [9.17, 15) is 8.42 Å². The molecule has 0 fully saturated rings. The molecule has 0 bridgehead atoms. The molecule has 0 radical (unpaired) electrons. The van der Waals surface area contributed by atoms with Crippen molar-refractivity contribution in [3.05, 3.63) is 40.6 Å². The molecule has 0 unspecified atom stereocenters. The molecule has 90 valence electrons. The molecule has 0 aliphatic carbocycles. The van der Waals surface area contributed by atoms with Crippen molar-refractivity contribution in [2.75, 3.05) is 6.26 Å². The SMILES string of the molecule is CS(=O)(=O)n1ccnc1-c1ccc(Cl)c(Cl)c1. The lowest BCUT2D eigenvalue weighted by Gasteiger charge is -2.06. The maximum Gasteiger partial charge on any atom is 0.237 e. The van der Waals surface area contributed by atoms with Crippen LogP contribution in [0.4, 0.5) is 0 Å². The number of aromatic nitrogens is 2. The zero-order chi connectivity index (χ0) is 12.6.